The second-order valence-corrected chi connectivity index (χ2v) is 7.02. The topological polar surface area (TPSA) is 36.4 Å². The Morgan fingerprint density at radius 3 is 2.52 bits per heavy atom. The predicted octanol–water partition coefficient (Wildman–Crippen LogP) is 3.57. The van der Waals surface area contributed by atoms with Crippen molar-refractivity contribution in [2.45, 2.75) is 13.3 Å². The summed E-state index contributed by atoms with van der Waals surface area (Å²) in [5.74, 6) is -0.112. The zero-order valence-electron chi connectivity index (χ0n) is 15.4. The van der Waals surface area contributed by atoms with Crippen LogP contribution >= 0.6 is 0 Å². The van der Waals surface area contributed by atoms with Crippen LogP contribution in [-0.4, -0.2) is 42.0 Å². The molecule has 0 atom stereocenters. The summed E-state index contributed by atoms with van der Waals surface area (Å²) in [6.07, 6.45) is 2.16. The van der Waals surface area contributed by atoms with Crippen molar-refractivity contribution in [2.75, 3.05) is 31.1 Å². The Hall–Kier alpha value is -2.95. The first kappa shape index (κ1) is 17.5. The molecular weight excluding hydrogens is 341 g/mol. The van der Waals surface area contributed by atoms with E-state index >= 15 is 0 Å². The minimum atomic E-state index is -0.279. The number of pyridine rings is 1. The van der Waals surface area contributed by atoms with Gasteiger partial charge in [0.15, 0.2) is 0 Å². The number of carbonyl (C=O) groups excluding carboxylic acids is 1. The van der Waals surface area contributed by atoms with Gasteiger partial charge in [-0.25, -0.2) is 4.39 Å². The van der Waals surface area contributed by atoms with Gasteiger partial charge in [-0.15, -0.1) is 0 Å². The van der Waals surface area contributed by atoms with Crippen molar-refractivity contribution in [3.8, 4) is 0 Å². The maximum absolute atomic E-state index is 13.5. The molecule has 0 N–H and O–H groups in total. The molecule has 0 spiro atoms. The van der Waals surface area contributed by atoms with E-state index < -0.39 is 0 Å². The van der Waals surface area contributed by atoms with Crippen LogP contribution in [0, 0.1) is 12.7 Å². The smallest absolute Gasteiger partial charge is 0.227 e. The fraction of sp³-hybridized carbons (Fsp3) is 0.273. The summed E-state index contributed by atoms with van der Waals surface area (Å²) in [6.45, 7) is 4.94. The van der Waals surface area contributed by atoms with Crippen LogP contribution in [0.3, 0.4) is 0 Å². The second-order valence-electron chi connectivity index (χ2n) is 7.02. The highest BCUT2D eigenvalue weighted by Gasteiger charge is 2.22. The molecule has 2 heterocycles. The van der Waals surface area contributed by atoms with Crippen molar-refractivity contribution in [3.63, 3.8) is 0 Å². The summed E-state index contributed by atoms with van der Waals surface area (Å²) in [5.41, 5.74) is 3.95. The molecule has 4 rings (SSSR count). The van der Waals surface area contributed by atoms with Gasteiger partial charge in [-0.1, -0.05) is 29.8 Å². The van der Waals surface area contributed by atoms with Crippen molar-refractivity contribution in [1.82, 2.24) is 9.88 Å². The maximum atomic E-state index is 13.5. The van der Waals surface area contributed by atoms with E-state index in [4.69, 9.17) is 0 Å². The summed E-state index contributed by atoms with van der Waals surface area (Å²) >= 11 is 0. The van der Waals surface area contributed by atoms with Gasteiger partial charge in [-0.05, 0) is 30.7 Å². The Morgan fingerprint density at radius 1 is 1.04 bits per heavy atom. The lowest BCUT2D eigenvalue weighted by atomic mass is 10.1. The normalized spacial score (nSPS) is 14.6. The SMILES string of the molecule is Cc1ccc(CC(=O)N2CCN(c3ccnc4cc(F)ccc34)CC2)cc1. The fourth-order valence-electron chi connectivity index (χ4n) is 3.57. The minimum absolute atomic E-state index is 0.167. The highest BCUT2D eigenvalue weighted by Crippen LogP contribution is 2.26. The molecule has 3 aromatic rings. The lowest BCUT2D eigenvalue weighted by molar-refractivity contribution is -0.130. The molecule has 5 heteroatoms. The van der Waals surface area contributed by atoms with Gasteiger partial charge in [0.2, 0.25) is 5.91 Å². The zero-order valence-corrected chi connectivity index (χ0v) is 15.4. The molecule has 0 aliphatic carbocycles. The number of rotatable bonds is 3. The predicted molar refractivity (Wildman–Crippen MR) is 105 cm³/mol. The van der Waals surface area contributed by atoms with Gasteiger partial charge in [0.05, 0.1) is 11.9 Å². The van der Waals surface area contributed by atoms with E-state index in [2.05, 4.69) is 9.88 Å². The molecule has 4 nitrogen and oxygen atoms in total. The van der Waals surface area contributed by atoms with Gasteiger partial charge in [-0.2, -0.15) is 0 Å². The number of nitrogens with zero attached hydrogens (tertiary/aromatic N) is 3. The average molecular weight is 363 g/mol. The summed E-state index contributed by atoms with van der Waals surface area (Å²) in [4.78, 5) is 21.0. The number of amides is 1. The third-order valence-electron chi connectivity index (χ3n) is 5.13. The Kier molecular flexibility index (Phi) is 4.75. The first-order valence-corrected chi connectivity index (χ1v) is 9.23. The molecule has 0 unspecified atom stereocenters. The quantitative estimate of drug-likeness (QED) is 0.714. The van der Waals surface area contributed by atoms with Gasteiger partial charge in [0.25, 0.3) is 0 Å². The monoisotopic (exact) mass is 363 g/mol. The van der Waals surface area contributed by atoms with E-state index in [0.717, 1.165) is 29.7 Å². The van der Waals surface area contributed by atoms with Crippen LogP contribution in [0.25, 0.3) is 10.9 Å². The largest absolute Gasteiger partial charge is 0.367 e. The number of hydrogen-bond acceptors (Lipinski definition) is 3. The van der Waals surface area contributed by atoms with E-state index in [9.17, 15) is 9.18 Å². The Bertz CT molecular complexity index is 963. The number of piperazine rings is 1. The summed E-state index contributed by atoms with van der Waals surface area (Å²) < 4.78 is 13.5. The van der Waals surface area contributed by atoms with Gasteiger partial charge >= 0.3 is 0 Å². The van der Waals surface area contributed by atoms with E-state index in [0.29, 0.717) is 25.0 Å². The number of aromatic nitrogens is 1. The van der Waals surface area contributed by atoms with Crippen molar-refractivity contribution >= 4 is 22.5 Å². The molecular formula is C22H22FN3O. The molecule has 2 aromatic carbocycles. The first-order chi connectivity index (χ1) is 13.1. The van der Waals surface area contributed by atoms with Crippen LogP contribution in [0.2, 0.25) is 0 Å². The fourth-order valence-corrected chi connectivity index (χ4v) is 3.57. The second kappa shape index (κ2) is 7.35. The molecule has 138 valence electrons. The Morgan fingerprint density at radius 2 is 1.78 bits per heavy atom. The zero-order chi connectivity index (χ0) is 18.8. The first-order valence-electron chi connectivity index (χ1n) is 9.23. The van der Waals surface area contributed by atoms with Crippen LogP contribution in [0.4, 0.5) is 10.1 Å². The van der Waals surface area contributed by atoms with Crippen molar-refractivity contribution in [3.05, 3.63) is 71.7 Å². The minimum Gasteiger partial charge on any atom is -0.367 e. The molecule has 0 saturated carbocycles. The van der Waals surface area contributed by atoms with E-state index in [1.165, 1.54) is 17.7 Å². The number of aryl methyl sites for hydroxylation is 1. The van der Waals surface area contributed by atoms with Crippen molar-refractivity contribution < 1.29 is 9.18 Å². The molecule has 1 amide bonds. The molecule has 0 bridgehead atoms. The van der Waals surface area contributed by atoms with Crippen LogP contribution < -0.4 is 4.90 Å². The third kappa shape index (κ3) is 3.77. The number of halogens is 1. The van der Waals surface area contributed by atoms with Gasteiger partial charge < -0.3 is 9.80 Å². The molecule has 1 aromatic heterocycles. The third-order valence-corrected chi connectivity index (χ3v) is 5.13. The van der Waals surface area contributed by atoms with E-state index in [1.807, 2.05) is 42.2 Å². The van der Waals surface area contributed by atoms with Crippen molar-refractivity contribution in [2.24, 2.45) is 0 Å². The lowest BCUT2D eigenvalue weighted by Crippen LogP contribution is -2.49. The molecule has 0 radical (unpaired) electrons. The summed E-state index contributed by atoms with van der Waals surface area (Å²) in [6, 6.07) is 14.8. The van der Waals surface area contributed by atoms with E-state index in [1.54, 1.807) is 12.3 Å². The molecule has 1 fully saturated rings. The average Bonchev–Trinajstić information content (AvgIpc) is 2.69. The number of fused-ring (bicyclic) bond motifs is 1. The summed E-state index contributed by atoms with van der Waals surface area (Å²) in [5, 5.41) is 0.943. The van der Waals surface area contributed by atoms with Crippen molar-refractivity contribution in [1.29, 1.82) is 0 Å². The molecule has 27 heavy (non-hydrogen) atoms. The van der Waals surface area contributed by atoms with Gasteiger partial charge in [0, 0.05) is 49.5 Å². The Balaban J connectivity index is 1.43. The Labute approximate surface area is 158 Å². The van der Waals surface area contributed by atoms with Crippen LogP contribution in [0.5, 0.6) is 0 Å². The summed E-state index contributed by atoms with van der Waals surface area (Å²) in [7, 11) is 0. The highest BCUT2D eigenvalue weighted by atomic mass is 19.1. The number of benzene rings is 2. The molecule has 1 aliphatic rings. The van der Waals surface area contributed by atoms with Crippen LogP contribution in [0.15, 0.2) is 54.7 Å². The number of carbonyl (C=O) groups is 1. The molecule has 1 aliphatic heterocycles. The van der Waals surface area contributed by atoms with Gasteiger partial charge in [0.1, 0.15) is 5.82 Å². The van der Waals surface area contributed by atoms with E-state index in [-0.39, 0.29) is 11.7 Å². The molecule has 1 saturated heterocycles. The standard InChI is InChI=1S/C22H22FN3O/c1-16-2-4-17(5-3-16)14-22(27)26-12-10-25(11-13-26)21-8-9-24-20-15-18(23)6-7-19(20)21/h2-9,15H,10-14H2,1H3. The highest BCUT2D eigenvalue weighted by molar-refractivity contribution is 5.91. The van der Waals surface area contributed by atoms with Crippen LogP contribution in [-0.2, 0) is 11.2 Å². The van der Waals surface area contributed by atoms with Gasteiger partial charge in [-0.3, -0.25) is 9.78 Å². The van der Waals surface area contributed by atoms with Crippen LogP contribution in [0.1, 0.15) is 11.1 Å². The number of hydrogen-bond donors (Lipinski definition) is 0. The maximum Gasteiger partial charge on any atom is 0.227 e. The number of anilines is 1. The lowest BCUT2D eigenvalue weighted by Gasteiger charge is -2.36.